The highest BCUT2D eigenvalue weighted by molar-refractivity contribution is 7.99. The van der Waals surface area contributed by atoms with Gasteiger partial charge >= 0.3 is 0 Å². The smallest absolute Gasteiger partial charge is 0.191 e. The molecule has 0 atom stereocenters. The number of hydrogen-bond donors (Lipinski definition) is 0. The van der Waals surface area contributed by atoms with Gasteiger partial charge in [-0.2, -0.15) is 0 Å². The van der Waals surface area contributed by atoms with Gasteiger partial charge in [-0.3, -0.25) is 0 Å². The zero-order valence-corrected chi connectivity index (χ0v) is 15.6. The Morgan fingerprint density at radius 2 is 1.77 bits per heavy atom. The Morgan fingerprint density at radius 1 is 1.04 bits per heavy atom. The van der Waals surface area contributed by atoms with Gasteiger partial charge in [0, 0.05) is 12.8 Å². The van der Waals surface area contributed by atoms with E-state index in [9.17, 15) is 4.39 Å². The molecule has 3 aromatic rings. The van der Waals surface area contributed by atoms with E-state index < -0.39 is 0 Å². The van der Waals surface area contributed by atoms with Gasteiger partial charge in [-0.25, -0.2) is 4.39 Å². The number of benzene rings is 2. The molecule has 0 N–H and O–H groups in total. The van der Waals surface area contributed by atoms with Crippen molar-refractivity contribution in [1.82, 2.24) is 14.8 Å². The molecule has 136 valence electrons. The second kappa shape index (κ2) is 8.91. The second-order valence-corrected chi connectivity index (χ2v) is 6.77. The number of hydrogen-bond acceptors (Lipinski definition) is 5. The van der Waals surface area contributed by atoms with Gasteiger partial charge in [-0.1, -0.05) is 47.6 Å². The standard InChI is InChI=1S/C18H17ClFN3O2S/c1-23-17(12-25-15-8-4-2-6-13(15)19)21-22-18(23)26-11-10-24-16-9-5-3-7-14(16)20/h2-9H,10-12H2,1H3. The monoisotopic (exact) mass is 393 g/mol. The number of aromatic nitrogens is 3. The van der Waals surface area contributed by atoms with Crippen LogP contribution in [0.5, 0.6) is 11.5 Å². The van der Waals surface area contributed by atoms with Gasteiger partial charge in [0.15, 0.2) is 22.5 Å². The highest BCUT2D eigenvalue weighted by Crippen LogP contribution is 2.24. The molecule has 3 rings (SSSR count). The lowest BCUT2D eigenvalue weighted by Gasteiger charge is -2.08. The molecule has 0 unspecified atom stereocenters. The molecule has 0 saturated heterocycles. The summed E-state index contributed by atoms with van der Waals surface area (Å²) >= 11 is 7.55. The van der Waals surface area contributed by atoms with Crippen molar-refractivity contribution < 1.29 is 13.9 Å². The van der Waals surface area contributed by atoms with Crippen LogP contribution in [0.15, 0.2) is 53.7 Å². The number of halogens is 2. The first-order valence-corrected chi connectivity index (χ1v) is 9.27. The fraction of sp³-hybridized carbons (Fsp3) is 0.222. The first-order chi connectivity index (χ1) is 12.6. The van der Waals surface area contributed by atoms with E-state index in [4.69, 9.17) is 21.1 Å². The van der Waals surface area contributed by atoms with Crippen LogP contribution >= 0.6 is 23.4 Å². The summed E-state index contributed by atoms with van der Waals surface area (Å²) in [6, 6.07) is 13.6. The number of thioether (sulfide) groups is 1. The van der Waals surface area contributed by atoms with Crippen molar-refractivity contribution in [2.75, 3.05) is 12.4 Å². The van der Waals surface area contributed by atoms with Crippen LogP contribution in [0.25, 0.3) is 0 Å². The minimum Gasteiger partial charge on any atom is -0.490 e. The van der Waals surface area contributed by atoms with E-state index in [1.165, 1.54) is 17.8 Å². The summed E-state index contributed by atoms with van der Waals surface area (Å²) in [5, 5.41) is 9.57. The SMILES string of the molecule is Cn1c(COc2ccccc2Cl)nnc1SCCOc1ccccc1F. The average Bonchev–Trinajstić information content (AvgIpc) is 2.99. The summed E-state index contributed by atoms with van der Waals surface area (Å²) in [7, 11) is 1.87. The van der Waals surface area contributed by atoms with Crippen molar-refractivity contribution in [2.45, 2.75) is 11.8 Å². The van der Waals surface area contributed by atoms with Crippen molar-refractivity contribution in [3.8, 4) is 11.5 Å². The molecule has 1 heterocycles. The summed E-state index contributed by atoms with van der Waals surface area (Å²) in [4.78, 5) is 0. The maximum Gasteiger partial charge on any atom is 0.191 e. The zero-order chi connectivity index (χ0) is 18.4. The van der Waals surface area contributed by atoms with Crippen LogP contribution in [-0.2, 0) is 13.7 Å². The van der Waals surface area contributed by atoms with Crippen LogP contribution in [0, 0.1) is 5.82 Å². The predicted octanol–water partition coefficient (Wildman–Crippen LogP) is 4.36. The van der Waals surface area contributed by atoms with E-state index >= 15 is 0 Å². The fourth-order valence-electron chi connectivity index (χ4n) is 2.15. The molecule has 0 fully saturated rings. The molecule has 0 radical (unpaired) electrons. The first-order valence-electron chi connectivity index (χ1n) is 7.91. The minimum absolute atomic E-state index is 0.250. The van der Waals surface area contributed by atoms with Crippen molar-refractivity contribution in [1.29, 1.82) is 0 Å². The number of ether oxygens (including phenoxy) is 2. The Kier molecular flexibility index (Phi) is 6.35. The summed E-state index contributed by atoms with van der Waals surface area (Å²) in [6.07, 6.45) is 0. The third-order valence-corrected chi connectivity index (χ3v) is 4.82. The highest BCUT2D eigenvalue weighted by Gasteiger charge is 2.11. The molecule has 0 spiro atoms. The molecule has 8 heteroatoms. The van der Waals surface area contributed by atoms with Crippen molar-refractivity contribution >= 4 is 23.4 Å². The maximum atomic E-state index is 13.5. The Morgan fingerprint density at radius 3 is 2.54 bits per heavy atom. The molecular formula is C18H17ClFN3O2S. The minimum atomic E-state index is -0.366. The van der Waals surface area contributed by atoms with Crippen LogP contribution in [0.3, 0.4) is 0 Å². The summed E-state index contributed by atoms with van der Waals surface area (Å²) in [5.41, 5.74) is 0. The topological polar surface area (TPSA) is 49.2 Å². The largest absolute Gasteiger partial charge is 0.490 e. The third kappa shape index (κ3) is 4.68. The normalized spacial score (nSPS) is 10.7. The van der Waals surface area contributed by atoms with Crippen molar-refractivity contribution in [2.24, 2.45) is 7.05 Å². The summed E-state index contributed by atoms with van der Waals surface area (Å²) < 4.78 is 26.4. The van der Waals surface area contributed by atoms with E-state index in [1.807, 2.05) is 23.7 Å². The van der Waals surface area contributed by atoms with Crippen molar-refractivity contribution in [3.63, 3.8) is 0 Å². The highest BCUT2D eigenvalue weighted by atomic mass is 35.5. The average molecular weight is 394 g/mol. The zero-order valence-electron chi connectivity index (χ0n) is 14.1. The quantitative estimate of drug-likeness (QED) is 0.420. The Hall–Kier alpha value is -2.25. The lowest BCUT2D eigenvalue weighted by molar-refractivity contribution is 0.290. The molecule has 26 heavy (non-hydrogen) atoms. The fourth-order valence-corrected chi connectivity index (χ4v) is 3.08. The molecular weight excluding hydrogens is 377 g/mol. The molecule has 0 bridgehead atoms. The Balaban J connectivity index is 1.49. The number of rotatable bonds is 8. The Labute approximate surface area is 160 Å². The molecule has 0 saturated carbocycles. The second-order valence-electron chi connectivity index (χ2n) is 5.30. The number of nitrogens with zero attached hydrogens (tertiary/aromatic N) is 3. The maximum absolute atomic E-state index is 13.5. The lowest BCUT2D eigenvalue weighted by atomic mass is 10.3. The lowest BCUT2D eigenvalue weighted by Crippen LogP contribution is -2.06. The van der Waals surface area contributed by atoms with Crippen LogP contribution in [-0.4, -0.2) is 27.1 Å². The van der Waals surface area contributed by atoms with Crippen LogP contribution < -0.4 is 9.47 Å². The van der Waals surface area contributed by atoms with E-state index in [-0.39, 0.29) is 18.2 Å². The predicted molar refractivity (Wildman–Crippen MR) is 99.4 cm³/mol. The molecule has 5 nitrogen and oxygen atoms in total. The third-order valence-electron chi connectivity index (χ3n) is 3.53. The molecule has 1 aromatic heterocycles. The molecule has 2 aromatic carbocycles. The van der Waals surface area contributed by atoms with E-state index in [0.717, 1.165) is 5.16 Å². The van der Waals surface area contributed by atoms with E-state index in [2.05, 4.69) is 10.2 Å². The van der Waals surface area contributed by atoms with Gasteiger partial charge in [0.25, 0.3) is 0 Å². The summed E-state index contributed by atoms with van der Waals surface area (Å²) in [6.45, 7) is 0.628. The van der Waals surface area contributed by atoms with Gasteiger partial charge in [-0.05, 0) is 24.3 Å². The van der Waals surface area contributed by atoms with Gasteiger partial charge in [0.1, 0.15) is 12.4 Å². The van der Waals surface area contributed by atoms with Gasteiger partial charge in [0.2, 0.25) is 0 Å². The van der Waals surface area contributed by atoms with Gasteiger partial charge < -0.3 is 14.0 Å². The van der Waals surface area contributed by atoms with Crippen LogP contribution in [0.4, 0.5) is 4.39 Å². The van der Waals surface area contributed by atoms with Crippen LogP contribution in [0.2, 0.25) is 5.02 Å². The molecule has 0 aliphatic carbocycles. The first kappa shape index (κ1) is 18.5. The summed E-state index contributed by atoms with van der Waals surface area (Å²) in [5.74, 6) is 1.79. The van der Waals surface area contributed by atoms with E-state index in [1.54, 1.807) is 30.3 Å². The molecule has 0 aliphatic rings. The van der Waals surface area contributed by atoms with Crippen molar-refractivity contribution in [3.05, 3.63) is 65.2 Å². The number of para-hydroxylation sites is 2. The van der Waals surface area contributed by atoms with E-state index in [0.29, 0.717) is 29.0 Å². The van der Waals surface area contributed by atoms with Gasteiger partial charge in [0.05, 0.1) is 11.6 Å². The molecule has 0 amide bonds. The Bertz CT molecular complexity index is 875. The van der Waals surface area contributed by atoms with Gasteiger partial charge in [-0.15, -0.1) is 10.2 Å². The molecule has 0 aliphatic heterocycles. The van der Waals surface area contributed by atoms with Crippen LogP contribution in [0.1, 0.15) is 5.82 Å².